The van der Waals surface area contributed by atoms with Gasteiger partial charge in [-0.15, -0.1) is 0 Å². The largest absolute Gasteiger partial charge is 0.394 e. The third-order valence-corrected chi connectivity index (χ3v) is 1.73. The topological polar surface area (TPSA) is 90.2 Å². The van der Waals surface area contributed by atoms with E-state index >= 15 is 0 Å². The van der Waals surface area contributed by atoms with Gasteiger partial charge in [0.25, 0.3) is 0 Å². The van der Waals surface area contributed by atoms with E-state index in [0.29, 0.717) is 0 Å². The first kappa shape index (κ1) is 8.89. The molecule has 1 fully saturated rings. The summed E-state index contributed by atoms with van der Waals surface area (Å²) < 4.78 is 4.71. The van der Waals surface area contributed by atoms with Crippen LogP contribution in [0, 0.1) is 0 Å². The lowest BCUT2D eigenvalue weighted by molar-refractivity contribution is -0.251. The van der Waals surface area contributed by atoms with Gasteiger partial charge in [0.15, 0.2) is 6.29 Å². The fourth-order valence-corrected chi connectivity index (χ4v) is 1.05. The maximum absolute atomic E-state index is 9.05. The summed E-state index contributed by atoms with van der Waals surface area (Å²) in [4.78, 5) is 0. The standard InChI is InChI=1S/C6H12O5/c7-2-3-1-4(8)5(9)6(10)11-3/h3-10H,1-2H2/t3-,4-,5+,6?/m1/s1. The average Bonchev–Trinajstić information content (AvgIpc) is 1.99. The van der Waals surface area contributed by atoms with Crippen LogP contribution < -0.4 is 0 Å². The molecule has 5 nitrogen and oxygen atoms in total. The Hall–Kier alpha value is -0.200. The zero-order valence-electron chi connectivity index (χ0n) is 5.92. The van der Waals surface area contributed by atoms with Gasteiger partial charge in [0.2, 0.25) is 0 Å². The summed E-state index contributed by atoms with van der Waals surface area (Å²) in [6.07, 6.45) is -4.11. The molecule has 0 saturated carbocycles. The van der Waals surface area contributed by atoms with Crippen LogP contribution in [0.1, 0.15) is 6.42 Å². The van der Waals surface area contributed by atoms with E-state index < -0.39 is 24.6 Å². The van der Waals surface area contributed by atoms with Gasteiger partial charge in [-0.1, -0.05) is 0 Å². The summed E-state index contributed by atoms with van der Waals surface area (Å²) in [5, 5.41) is 35.5. The molecule has 0 aliphatic carbocycles. The predicted octanol–water partition coefficient (Wildman–Crippen LogP) is -2.19. The first-order valence-electron chi connectivity index (χ1n) is 3.45. The number of rotatable bonds is 1. The van der Waals surface area contributed by atoms with E-state index in [1.54, 1.807) is 0 Å². The van der Waals surface area contributed by atoms with Crippen LogP contribution in [0.3, 0.4) is 0 Å². The monoisotopic (exact) mass is 164 g/mol. The lowest BCUT2D eigenvalue weighted by atomic mass is 10.0. The summed E-state index contributed by atoms with van der Waals surface area (Å²) in [5.41, 5.74) is 0. The van der Waals surface area contributed by atoms with Crippen molar-refractivity contribution >= 4 is 0 Å². The summed E-state index contributed by atoms with van der Waals surface area (Å²) in [7, 11) is 0. The molecule has 0 radical (unpaired) electrons. The Morgan fingerprint density at radius 3 is 2.36 bits per heavy atom. The van der Waals surface area contributed by atoms with Crippen molar-refractivity contribution < 1.29 is 25.2 Å². The highest BCUT2D eigenvalue weighted by Gasteiger charge is 2.34. The SMILES string of the molecule is OC[C@H]1C[C@@H](O)[C@H](O)C(O)O1. The van der Waals surface area contributed by atoms with Gasteiger partial charge in [0.1, 0.15) is 6.10 Å². The van der Waals surface area contributed by atoms with Crippen LogP contribution in [0.4, 0.5) is 0 Å². The van der Waals surface area contributed by atoms with Crippen molar-refractivity contribution in [2.45, 2.75) is 31.0 Å². The molecule has 1 saturated heterocycles. The molecule has 0 aromatic carbocycles. The first-order chi connectivity index (χ1) is 5.15. The highest BCUT2D eigenvalue weighted by Crippen LogP contribution is 2.17. The molecule has 1 aliphatic rings. The molecule has 0 aromatic heterocycles. The van der Waals surface area contributed by atoms with E-state index in [0.717, 1.165) is 0 Å². The van der Waals surface area contributed by atoms with Gasteiger partial charge in [-0.25, -0.2) is 0 Å². The Morgan fingerprint density at radius 2 is 1.91 bits per heavy atom. The minimum atomic E-state index is -1.39. The highest BCUT2D eigenvalue weighted by molar-refractivity contribution is 4.79. The first-order valence-corrected chi connectivity index (χ1v) is 3.45. The Bertz CT molecular complexity index is 116. The van der Waals surface area contributed by atoms with E-state index in [1.165, 1.54) is 0 Å². The molecule has 4 atom stereocenters. The third-order valence-electron chi connectivity index (χ3n) is 1.73. The molecule has 0 spiro atoms. The molecule has 1 aliphatic heterocycles. The molecular weight excluding hydrogens is 152 g/mol. The fourth-order valence-electron chi connectivity index (χ4n) is 1.05. The van der Waals surface area contributed by atoms with Crippen LogP contribution in [0.15, 0.2) is 0 Å². The number of aliphatic hydroxyl groups is 4. The van der Waals surface area contributed by atoms with Crippen LogP contribution in [0.2, 0.25) is 0 Å². The van der Waals surface area contributed by atoms with Gasteiger partial charge in [-0.05, 0) is 0 Å². The van der Waals surface area contributed by atoms with Crippen molar-refractivity contribution in [3.8, 4) is 0 Å². The van der Waals surface area contributed by atoms with Gasteiger partial charge in [-0.2, -0.15) is 0 Å². The molecular formula is C6H12O5. The van der Waals surface area contributed by atoms with Gasteiger partial charge >= 0.3 is 0 Å². The van der Waals surface area contributed by atoms with Crippen molar-refractivity contribution in [3.63, 3.8) is 0 Å². The van der Waals surface area contributed by atoms with Crippen LogP contribution in [-0.2, 0) is 4.74 Å². The quantitative estimate of drug-likeness (QED) is 0.353. The molecule has 11 heavy (non-hydrogen) atoms. The molecule has 0 bridgehead atoms. The Balaban J connectivity index is 2.47. The van der Waals surface area contributed by atoms with Crippen molar-refractivity contribution in [2.75, 3.05) is 6.61 Å². The van der Waals surface area contributed by atoms with Crippen LogP contribution in [0.25, 0.3) is 0 Å². The zero-order chi connectivity index (χ0) is 8.43. The van der Waals surface area contributed by atoms with Gasteiger partial charge in [0, 0.05) is 6.42 Å². The molecule has 1 unspecified atom stereocenters. The Morgan fingerprint density at radius 1 is 1.27 bits per heavy atom. The smallest absolute Gasteiger partial charge is 0.183 e. The second-order valence-corrected chi connectivity index (χ2v) is 2.62. The number of hydrogen-bond donors (Lipinski definition) is 4. The molecule has 4 N–H and O–H groups in total. The Kier molecular flexibility index (Phi) is 2.80. The van der Waals surface area contributed by atoms with E-state index in [4.69, 9.17) is 25.2 Å². The summed E-state index contributed by atoms with van der Waals surface area (Å²) in [6.45, 7) is -0.263. The molecule has 5 heteroatoms. The predicted molar refractivity (Wildman–Crippen MR) is 34.6 cm³/mol. The van der Waals surface area contributed by atoms with Crippen molar-refractivity contribution in [3.05, 3.63) is 0 Å². The van der Waals surface area contributed by atoms with E-state index in [1.807, 2.05) is 0 Å². The van der Waals surface area contributed by atoms with Crippen molar-refractivity contribution in [2.24, 2.45) is 0 Å². The van der Waals surface area contributed by atoms with E-state index in [9.17, 15) is 0 Å². The normalized spacial score (nSPS) is 45.8. The van der Waals surface area contributed by atoms with Crippen molar-refractivity contribution in [1.82, 2.24) is 0 Å². The maximum atomic E-state index is 9.05. The van der Waals surface area contributed by atoms with Crippen molar-refractivity contribution in [1.29, 1.82) is 0 Å². The maximum Gasteiger partial charge on any atom is 0.183 e. The van der Waals surface area contributed by atoms with Crippen LogP contribution >= 0.6 is 0 Å². The summed E-state index contributed by atoms with van der Waals surface area (Å²) in [5.74, 6) is 0. The molecule has 0 amide bonds. The average molecular weight is 164 g/mol. The Labute approximate surface area is 63.8 Å². The summed E-state index contributed by atoms with van der Waals surface area (Å²) in [6, 6.07) is 0. The second kappa shape index (κ2) is 3.46. The number of hydrogen-bond acceptors (Lipinski definition) is 5. The second-order valence-electron chi connectivity index (χ2n) is 2.62. The van der Waals surface area contributed by atoms with Crippen LogP contribution in [0.5, 0.6) is 0 Å². The lowest BCUT2D eigenvalue weighted by Gasteiger charge is -2.33. The van der Waals surface area contributed by atoms with E-state index in [2.05, 4.69) is 0 Å². The molecule has 1 heterocycles. The summed E-state index contributed by atoms with van der Waals surface area (Å²) >= 11 is 0. The number of ether oxygens (including phenoxy) is 1. The molecule has 0 aromatic rings. The van der Waals surface area contributed by atoms with Gasteiger partial charge in [-0.3, -0.25) is 0 Å². The minimum Gasteiger partial charge on any atom is -0.394 e. The van der Waals surface area contributed by atoms with E-state index in [-0.39, 0.29) is 13.0 Å². The fraction of sp³-hybridized carbons (Fsp3) is 1.00. The molecule has 66 valence electrons. The molecule has 1 rings (SSSR count). The lowest BCUT2D eigenvalue weighted by Crippen LogP contribution is -2.49. The number of aliphatic hydroxyl groups excluding tert-OH is 4. The highest BCUT2D eigenvalue weighted by atomic mass is 16.6. The van der Waals surface area contributed by atoms with Gasteiger partial charge in [0.05, 0.1) is 18.8 Å². The van der Waals surface area contributed by atoms with Gasteiger partial charge < -0.3 is 25.2 Å². The third kappa shape index (κ3) is 1.88. The minimum absolute atomic E-state index is 0.148. The van der Waals surface area contributed by atoms with Crippen LogP contribution in [-0.4, -0.2) is 51.6 Å². The zero-order valence-corrected chi connectivity index (χ0v) is 5.92.